The van der Waals surface area contributed by atoms with Gasteiger partial charge >= 0.3 is 0 Å². The van der Waals surface area contributed by atoms with E-state index in [-0.39, 0.29) is 0 Å². The fraction of sp³-hybridized carbons (Fsp3) is 0.625. The van der Waals surface area contributed by atoms with Crippen LogP contribution in [0.2, 0.25) is 0 Å². The van der Waals surface area contributed by atoms with Gasteiger partial charge in [0, 0.05) is 50.3 Å². The molecule has 3 rings (SSSR count). The molecule has 31 heavy (non-hydrogen) atoms. The van der Waals surface area contributed by atoms with E-state index in [2.05, 4.69) is 41.2 Å². The Bertz CT molecular complexity index is 774. The maximum atomic E-state index is 6.21. The third kappa shape index (κ3) is 7.23. The molecule has 0 spiro atoms. The highest BCUT2D eigenvalue weighted by Gasteiger charge is 2.18. The van der Waals surface area contributed by atoms with Crippen LogP contribution < -0.4 is 9.47 Å². The summed E-state index contributed by atoms with van der Waals surface area (Å²) in [6.45, 7) is 7.63. The third-order valence-corrected chi connectivity index (χ3v) is 5.53. The van der Waals surface area contributed by atoms with Gasteiger partial charge in [0.15, 0.2) is 11.5 Å². The van der Waals surface area contributed by atoms with Gasteiger partial charge in [0.2, 0.25) is 0 Å². The van der Waals surface area contributed by atoms with Crippen LogP contribution in [-0.2, 0) is 16.0 Å². The lowest BCUT2D eigenvalue weighted by Crippen LogP contribution is -2.19. The average Bonchev–Trinajstić information content (AvgIpc) is 3.46. The quantitative estimate of drug-likeness (QED) is 0.454. The molecular formula is C24H37N3O4. The molecule has 0 saturated carbocycles. The number of aromatic amines is 1. The summed E-state index contributed by atoms with van der Waals surface area (Å²) < 4.78 is 22.8. The van der Waals surface area contributed by atoms with Crippen molar-refractivity contribution < 1.29 is 18.9 Å². The lowest BCUT2D eigenvalue weighted by atomic mass is 10.1. The highest BCUT2D eigenvalue weighted by atomic mass is 16.5. The van der Waals surface area contributed by atoms with Crippen LogP contribution in [-0.4, -0.2) is 68.8 Å². The summed E-state index contributed by atoms with van der Waals surface area (Å²) in [7, 11) is 3.86. The number of benzene rings is 1. The number of ether oxygens (including phenoxy) is 4. The molecule has 0 aliphatic carbocycles. The zero-order chi connectivity index (χ0) is 21.9. The molecule has 172 valence electrons. The summed E-state index contributed by atoms with van der Waals surface area (Å²) in [5, 5.41) is 7.49. The van der Waals surface area contributed by atoms with E-state index in [1.54, 1.807) is 7.11 Å². The second-order valence-electron chi connectivity index (χ2n) is 8.26. The van der Waals surface area contributed by atoms with Crippen LogP contribution in [0.15, 0.2) is 24.4 Å². The van der Waals surface area contributed by atoms with Gasteiger partial charge in [-0.2, -0.15) is 5.10 Å². The van der Waals surface area contributed by atoms with Crippen molar-refractivity contribution in [2.45, 2.75) is 39.2 Å². The number of methoxy groups -OCH3 is 1. The number of nitrogens with zero attached hydrogens (tertiary/aromatic N) is 2. The first-order chi connectivity index (χ1) is 15.2. The van der Waals surface area contributed by atoms with Gasteiger partial charge in [0.05, 0.1) is 31.7 Å². The van der Waals surface area contributed by atoms with Crippen molar-refractivity contribution in [2.24, 2.45) is 5.92 Å². The van der Waals surface area contributed by atoms with Crippen molar-refractivity contribution in [1.29, 1.82) is 0 Å². The number of aromatic nitrogens is 2. The molecule has 2 aromatic rings. The number of unbranched alkanes of at least 4 members (excludes halogenated alkanes) is 1. The maximum Gasteiger partial charge on any atom is 0.161 e. The molecule has 1 N–H and O–H groups in total. The molecule has 1 aromatic heterocycles. The number of H-pyrrole nitrogens is 1. The monoisotopic (exact) mass is 431 g/mol. The molecule has 0 amide bonds. The number of rotatable bonds is 14. The van der Waals surface area contributed by atoms with E-state index in [0.29, 0.717) is 25.7 Å². The van der Waals surface area contributed by atoms with Crippen molar-refractivity contribution in [1.82, 2.24) is 15.1 Å². The minimum atomic E-state index is 0.430. The van der Waals surface area contributed by atoms with E-state index < -0.39 is 0 Å². The van der Waals surface area contributed by atoms with Gasteiger partial charge in [0.1, 0.15) is 0 Å². The molecule has 1 aromatic carbocycles. The molecule has 1 atom stereocenters. The largest absolute Gasteiger partial charge is 0.490 e. The lowest BCUT2D eigenvalue weighted by molar-refractivity contribution is 0.160. The summed E-state index contributed by atoms with van der Waals surface area (Å²) in [6.07, 6.45) is 6.19. The normalized spacial score (nSPS) is 16.2. The predicted octanol–water partition coefficient (Wildman–Crippen LogP) is 4.14. The fourth-order valence-electron chi connectivity index (χ4n) is 3.68. The Morgan fingerprint density at radius 3 is 2.87 bits per heavy atom. The Hall–Kier alpha value is -2.09. The Morgan fingerprint density at radius 1 is 1.19 bits per heavy atom. The molecule has 7 heteroatoms. The minimum Gasteiger partial charge on any atom is -0.490 e. The summed E-state index contributed by atoms with van der Waals surface area (Å²) in [4.78, 5) is 2.34. The van der Waals surface area contributed by atoms with Gasteiger partial charge in [-0.25, -0.2) is 0 Å². The highest BCUT2D eigenvalue weighted by molar-refractivity contribution is 5.66. The van der Waals surface area contributed by atoms with Crippen molar-refractivity contribution in [3.63, 3.8) is 0 Å². The summed E-state index contributed by atoms with van der Waals surface area (Å²) in [6, 6.07) is 6.12. The van der Waals surface area contributed by atoms with Gasteiger partial charge in [0.25, 0.3) is 0 Å². The second kappa shape index (κ2) is 12.7. The SMILES string of the molecule is CCCCN(C)Cc1cn[nH]c1-c1ccc(OCCCOC)c(OCC2CCOC2)c1. The smallest absolute Gasteiger partial charge is 0.161 e. The number of hydrogen-bond acceptors (Lipinski definition) is 6. The van der Waals surface area contributed by atoms with Gasteiger partial charge in [-0.3, -0.25) is 5.10 Å². The molecule has 1 aliphatic rings. The Kier molecular flexibility index (Phi) is 9.65. The molecule has 1 unspecified atom stereocenters. The van der Waals surface area contributed by atoms with Gasteiger partial charge < -0.3 is 23.8 Å². The van der Waals surface area contributed by atoms with Crippen LogP contribution in [0.3, 0.4) is 0 Å². The van der Waals surface area contributed by atoms with E-state index >= 15 is 0 Å². The molecule has 1 saturated heterocycles. The molecular weight excluding hydrogens is 394 g/mol. The molecule has 0 bridgehead atoms. The van der Waals surface area contributed by atoms with Crippen LogP contribution in [0.1, 0.15) is 38.2 Å². The highest BCUT2D eigenvalue weighted by Crippen LogP contribution is 2.34. The van der Waals surface area contributed by atoms with E-state index in [0.717, 1.165) is 61.9 Å². The predicted molar refractivity (Wildman–Crippen MR) is 122 cm³/mol. The standard InChI is InChI=1S/C24H37N3O4/c1-4-5-10-27(2)16-21-15-25-26-24(21)20-7-8-22(30-12-6-11-28-3)23(14-20)31-18-19-9-13-29-17-19/h7-8,14-15,19H,4-6,9-13,16-18H2,1-3H3,(H,25,26). The zero-order valence-corrected chi connectivity index (χ0v) is 19.2. The first-order valence-corrected chi connectivity index (χ1v) is 11.4. The summed E-state index contributed by atoms with van der Waals surface area (Å²) in [5.41, 5.74) is 3.27. The average molecular weight is 432 g/mol. The second-order valence-corrected chi connectivity index (χ2v) is 8.26. The maximum absolute atomic E-state index is 6.21. The minimum absolute atomic E-state index is 0.430. The number of nitrogens with one attached hydrogen (secondary N) is 1. The van der Waals surface area contributed by atoms with Gasteiger partial charge in [-0.05, 0) is 44.6 Å². The van der Waals surface area contributed by atoms with Gasteiger partial charge in [-0.15, -0.1) is 0 Å². The summed E-state index contributed by atoms with van der Waals surface area (Å²) in [5.74, 6) is 1.96. The zero-order valence-electron chi connectivity index (χ0n) is 19.2. The van der Waals surface area contributed by atoms with Crippen molar-refractivity contribution in [3.05, 3.63) is 30.0 Å². The summed E-state index contributed by atoms with van der Waals surface area (Å²) >= 11 is 0. The van der Waals surface area contributed by atoms with Crippen LogP contribution >= 0.6 is 0 Å². The van der Waals surface area contributed by atoms with Crippen molar-refractivity contribution in [3.8, 4) is 22.8 Å². The van der Waals surface area contributed by atoms with E-state index in [9.17, 15) is 0 Å². The molecule has 1 fully saturated rings. The van der Waals surface area contributed by atoms with Crippen LogP contribution in [0.4, 0.5) is 0 Å². The Balaban J connectivity index is 1.74. The van der Waals surface area contributed by atoms with Gasteiger partial charge in [-0.1, -0.05) is 13.3 Å². The molecule has 1 aliphatic heterocycles. The molecule has 0 radical (unpaired) electrons. The van der Waals surface area contributed by atoms with Crippen molar-refractivity contribution in [2.75, 3.05) is 53.7 Å². The fourth-order valence-corrected chi connectivity index (χ4v) is 3.68. The van der Waals surface area contributed by atoms with Crippen LogP contribution in [0.25, 0.3) is 11.3 Å². The third-order valence-electron chi connectivity index (χ3n) is 5.53. The van der Waals surface area contributed by atoms with Crippen LogP contribution in [0.5, 0.6) is 11.5 Å². The lowest BCUT2D eigenvalue weighted by Gasteiger charge is -2.18. The molecule has 2 heterocycles. The first kappa shape index (κ1) is 23.6. The number of hydrogen-bond donors (Lipinski definition) is 1. The van der Waals surface area contributed by atoms with E-state index in [1.807, 2.05) is 12.3 Å². The van der Waals surface area contributed by atoms with E-state index in [4.69, 9.17) is 18.9 Å². The Morgan fingerprint density at radius 2 is 2.10 bits per heavy atom. The van der Waals surface area contributed by atoms with Crippen LogP contribution in [0, 0.1) is 5.92 Å². The first-order valence-electron chi connectivity index (χ1n) is 11.4. The topological polar surface area (TPSA) is 68.8 Å². The van der Waals surface area contributed by atoms with E-state index in [1.165, 1.54) is 18.4 Å². The molecule has 7 nitrogen and oxygen atoms in total. The Labute approximate surface area is 186 Å². The van der Waals surface area contributed by atoms with Crippen molar-refractivity contribution >= 4 is 0 Å².